The van der Waals surface area contributed by atoms with Crippen molar-refractivity contribution in [2.24, 2.45) is 5.92 Å². The number of nitrogens with one attached hydrogen (secondary N) is 1. The lowest BCUT2D eigenvalue weighted by molar-refractivity contribution is -0.148. The van der Waals surface area contributed by atoms with E-state index in [9.17, 15) is 23.1 Å². The van der Waals surface area contributed by atoms with Crippen LogP contribution in [-0.4, -0.2) is 55.2 Å². The molecule has 1 atom stereocenters. The summed E-state index contributed by atoms with van der Waals surface area (Å²) in [7, 11) is -2.47. The smallest absolute Gasteiger partial charge is 0.326 e. The number of carbonyl (C=O) groups is 2. The minimum atomic E-state index is -3.81. The van der Waals surface area contributed by atoms with Crippen molar-refractivity contribution in [3.8, 4) is 0 Å². The highest BCUT2D eigenvalue weighted by Gasteiger charge is 2.31. The molecular weight excluding hydrogens is 368 g/mol. The van der Waals surface area contributed by atoms with Crippen molar-refractivity contribution < 1.29 is 23.1 Å². The lowest BCUT2D eigenvalue weighted by atomic mass is 9.88. The number of benzene rings is 1. The third-order valence-corrected chi connectivity index (χ3v) is 6.41. The number of nitrogens with zero attached hydrogens (tertiary/aromatic N) is 1. The molecule has 1 aliphatic rings. The van der Waals surface area contributed by atoms with Crippen LogP contribution < -0.4 is 4.72 Å². The average molecular weight is 397 g/mol. The zero-order valence-electron chi connectivity index (χ0n) is 15.8. The number of hydrogen-bond donors (Lipinski definition) is 2. The van der Waals surface area contributed by atoms with Crippen LogP contribution in [-0.2, 0) is 26.0 Å². The first-order valence-corrected chi connectivity index (χ1v) is 10.9. The van der Waals surface area contributed by atoms with Gasteiger partial charge in [-0.2, -0.15) is 0 Å². The normalized spacial score (nSPS) is 21.4. The quantitative estimate of drug-likeness (QED) is 0.695. The largest absolute Gasteiger partial charge is 0.480 e. The summed E-state index contributed by atoms with van der Waals surface area (Å²) >= 11 is 0. The van der Waals surface area contributed by atoms with Gasteiger partial charge in [0.1, 0.15) is 11.8 Å². The Labute approximate surface area is 160 Å². The standard InChI is InChI=1S/C19H28N2O5S/c1-14-8-10-16(11-9-14)20-27(25,26)13-18(22)21(2)17(19(23)24)12-15-6-4-3-5-7-15/h3-7,14,16-17,20H,8-13H2,1-2H3,(H,23,24). The van der Waals surface area contributed by atoms with Gasteiger partial charge in [-0.3, -0.25) is 4.79 Å². The van der Waals surface area contributed by atoms with Crippen molar-refractivity contribution in [3.05, 3.63) is 35.9 Å². The van der Waals surface area contributed by atoms with E-state index in [-0.39, 0.29) is 12.5 Å². The second kappa shape index (κ2) is 9.32. The molecule has 1 aliphatic carbocycles. The topological polar surface area (TPSA) is 104 Å². The van der Waals surface area contributed by atoms with Crippen LogP contribution in [0.3, 0.4) is 0 Å². The Bertz CT molecular complexity index is 743. The van der Waals surface area contributed by atoms with Gasteiger partial charge in [-0.25, -0.2) is 17.9 Å². The van der Waals surface area contributed by atoms with Crippen molar-refractivity contribution in [2.75, 3.05) is 12.8 Å². The Kier molecular flexibility index (Phi) is 7.38. The average Bonchev–Trinajstić information content (AvgIpc) is 2.61. The molecule has 7 nitrogen and oxygen atoms in total. The number of aliphatic carboxylic acids is 1. The van der Waals surface area contributed by atoms with Crippen LogP contribution in [0.4, 0.5) is 0 Å². The number of hydrogen-bond acceptors (Lipinski definition) is 4. The van der Waals surface area contributed by atoms with Gasteiger partial charge in [0.05, 0.1) is 0 Å². The van der Waals surface area contributed by atoms with E-state index in [0.29, 0.717) is 5.92 Å². The summed E-state index contributed by atoms with van der Waals surface area (Å²) in [6.45, 7) is 2.14. The van der Waals surface area contributed by atoms with E-state index < -0.39 is 33.7 Å². The van der Waals surface area contributed by atoms with Crippen LogP contribution in [0.1, 0.15) is 38.2 Å². The molecule has 8 heteroatoms. The molecule has 1 saturated carbocycles. The highest BCUT2D eigenvalue weighted by molar-refractivity contribution is 7.90. The fourth-order valence-electron chi connectivity index (χ4n) is 3.34. The summed E-state index contributed by atoms with van der Waals surface area (Å²) in [5.74, 6) is -2.04. The molecule has 0 radical (unpaired) electrons. The third kappa shape index (κ3) is 6.62. The van der Waals surface area contributed by atoms with Crippen LogP contribution in [0.2, 0.25) is 0 Å². The third-order valence-electron chi connectivity index (χ3n) is 5.09. The Hall–Kier alpha value is -1.93. The predicted octanol–water partition coefficient (Wildman–Crippen LogP) is 1.64. The Morgan fingerprint density at radius 1 is 1.19 bits per heavy atom. The van der Waals surface area contributed by atoms with Gasteiger partial charge in [-0.15, -0.1) is 0 Å². The molecule has 0 bridgehead atoms. The minimum Gasteiger partial charge on any atom is -0.480 e. The van der Waals surface area contributed by atoms with Crippen LogP contribution in [0.25, 0.3) is 0 Å². The number of sulfonamides is 1. The van der Waals surface area contributed by atoms with E-state index in [0.717, 1.165) is 36.1 Å². The Morgan fingerprint density at radius 3 is 2.33 bits per heavy atom. The first kappa shape index (κ1) is 21.4. The van der Waals surface area contributed by atoms with E-state index in [1.807, 2.05) is 6.07 Å². The first-order chi connectivity index (χ1) is 12.7. The molecule has 1 aromatic carbocycles. The maximum absolute atomic E-state index is 12.4. The molecule has 0 heterocycles. The van der Waals surface area contributed by atoms with Crippen molar-refractivity contribution in [2.45, 2.75) is 51.1 Å². The fourth-order valence-corrected chi connectivity index (χ4v) is 4.69. The summed E-state index contributed by atoms with van der Waals surface area (Å²) < 4.78 is 27.3. The lowest BCUT2D eigenvalue weighted by Crippen LogP contribution is -2.48. The van der Waals surface area contributed by atoms with Gasteiger partial charge in [0, 0.05) is 19.5 Å². The molecule has 2 rings (SSSR count). The summed E-state index contributed by atoms with van der Waals surface area (Å²) in [5, 5.41) is 9.48. The van der Waals surface area contributed by atoms with Crippen molar-refractivity contribution in [1.82, 2.24) is 9.62 Å². The van der Waals surface area contributed by atoms with Gasteiger partial charge in [-0.05, 0) is 37.2 Å². The van der Waals surface area contributed by atoms with Gasteiger partial charge in [-0.1, -0.05) is 37.3 Å². The lowest BCUT2D eigenvalue weighted by Gasteiger charge is -2.28. The summed E-state index contributed by atoms with van der Waals surface area (Å²) in [5.41, 5.74) is 0.766. The van der Waals surface area contributed by atoms with E-state index in [2.05, 4.69) is 11.6 Å². The number of carboxylic acid groups (broad SMARTS) is 1. The zero-order valence-corrected chi connectivity index (χ0v) is 16.6. The van der Waals surface area contributed by atoms with Gasteiger partial charge < -0.3 is 10.0 Å². The second-order valence-electron chi connectivity index (χ2n) is 7.38. The summed E-state index contributed by atoms with van der Waals surface area (Å²) in [6, 6.07) is 7.67. The van der Waals surface area contributed by atoms with Crippen molar-refractivity contribution >= 4 is 21.9 Å². The predicted molar refractivity (Wildman–Crippen MR) is 103 cm³/mol. The second-order valence-corrected chi connectivity index (χ2v) is 9.14. The van der Waals surface area contributed by atoms with Crippen LogP contribution >= 0.6 is 0 Å². The van der Waals surface area contributed by atoms with Crippen LogP contribution in [0.15, 0.2) is 30.3 Å². The molecule has 1 unspecified atom stereocenters. The van der Waals surface area contributed by atoms with Crippen LogP contribution in [0.5, 0.6) is 0 Å². The Morgan fingerprint density at radius 2 is 1.78 bits per heavy atom. The monoisotopic (exact) mass is 396 g/mol. The summed E-state index contributed by atoms with van der Waals surface area (Å²) in [6.07, 6.45) is 3.55. The highest BCUT2D eigenvalue weighted by Crippen LogP contribution is 2.23. The Balaban J connectivity index is 1.98. The number of likely N-dealkylation sites (N-methyl/N-ethyl adjacent to an activating group) is 1. The number of carbonyl (C=O) groups excluding carboxylic acids is 1. The molecule has 1 fully saturated rings. The molecular formula is C19H28N2O5S. The number of amides is 1. The first-order valence-electron chi connectivity index (χ1n) is 9.20. The molecule has 150 valence electrons. The van der Waals surface area contributed by atoms with E-state index in [1.54, 1.807) is 24.3 Å². The minimum absolute atomic E-state index is 0.117. The molecule has 27 heavy (non-hydrogen) atoms. The van der Waals surface area contributed by atoms with Gasteiger partial charge in [0.2, 0.25) is 15.9 Å². The molecule has 1 aromatic rings. The van der Waals surface area contributed by atoms with Crippen LogP contribution in [0, 0.1) is 5.92 Å². The van der Waals surface area contributed by atoms with Gasteiger partial charge in [0.15, 0.2) is 0 Å². The molecule has 0 saturated heterocycles. The maximum Gasteiger partial charge on any atom is 0.326 e. The molecule has 0 aromatic heterocycles. The highest BCUT2D eigenvalue weighted by atomic mass is 32.2. The van der Waals surface area contributed by atoms with Gasteiger partial charge >= 0.3 is 5.97 Å². The van der Waals surface area contributed by atoms with Crippen molar-refractivity contribution in [1.29, 1.82) is 0 Å². The number of carboxylic acids is 1. The fraction of sp³-hybridized carbons (Fsp3) is 0.579. The molecule has 0 aliphatic heterocycles. The molecule has 1 amide bonds. The SMILES string of the molecule is CC1CCC(NS(=O)(=O)CC(=O)N(C)C(Cc2ccccc2)C(=O)O)CC1. The number of rotatable bonds is 8. The van der Waals surface area contributed by atoms with E-state index in [1.165, 1.54) is 7.05 Å². The zero-order chi connectivity index (χ0) is 20.0. The van der Waals surface area contributed by atoms with Crippen molar-refractivity contribution in [3.63, 3.8) is 0 Å². The van der Waals surface area contributed by atoms with Gasteiger partial charge in [0.25, 0.3) is 0 Å². The molecule has 2 N–H and O–H groups in total. The van der Waals surface area contributed by atoms with E-state index in [4.69, 9.17) is 0 Å². The maximum atomic E-state index is 12.4. The van der Waals surface area contributed by atoms with E-state index >= 15 is 0 Å². The molecule has 0 spiro atoms. The summed E-state index contributed by atoms with van der Waals surface area (Å²) in [4.78, 5) is 25.0.